The number of imidazole rings is 1. The number of benzene rings is 3. The first-order valence-corrected chi connectivity index (χ1v) is 14.4. The number of hydrogen-bond acceptors (Lipinski definition) is 8. The number of carbonyl (C=O) groups is 1. The fraction of sp³-hybridized carbons (Fsp3) is 0.242. The van der Waals surface area contributed by atoms with Crippen molar-refractivity contribution in [3.63, 3.8) is 0 Å². The topological polar surface area (TPSA) is 88.1 Å². The molecule has 8 nitrogen and oxygen atoms in total. The monoisotopic (exact) mass is 581 g/mol. The van der Waals surface area contributed by atoms with Gasteiger partial charge in [0, 0.05) is 24.1 Å². The largest absolute Gasteiger partial charge is 0.496 e. The molecule has 0 N–H and O–H groups in total. The zero-order chi connectivity index (χ0) is 29.4. The lowest BCUT2D eigenvalue weighted by atomic mass is 9.86. The van der Waals surface area contributed by atoms with E-state index in [1.54, 1.807) is 24.9 Å². The number of ketones is 1. The number of methoxy groups -OCH3 is 2. The number of carbonyl (C=O) groups excluding carboxylic acids is 1. The molecule has 0 amide bonds. The molecule has 6 rings (SSSR count). The molecule has 3 heterocycles. The first kappa shape index (κ1) is 27.5. The Balaban J connectivity index is 1.20. The molecule has 214 valence electrons. The quantitative estimate of drug-likeness (QED) is 0.163. The van der Waals surface area contributed by atoms with E-state index in [1.807, 2.05) is 66.7 Å². The van der Waals surface area contributed by atoms with Crippen LogP contribution in [0.15, 0.2) is 77.3 Å². The van der Waals surface area contributed by atoms with Gasteiger partial charge in [0.1, 0.15) is 29.4 Å². The Labute approximate surface area is 247 Å². The third kappa shape index (κ3) is 5.60. The highest BCUT2D eigenvalue weighted by Crippen LogP contribution is 2.37. The van der Waals surface area contributed by atoms with Crippen LogP contribution in [-0.2, 0) is 18.4 Å². The number of rotatable bonds is 9. The predicted molar refractivity (Wildman–Crippen MR) is 163 cm³/mol. The molecule has 0 unspecified atom stereocenters. The molecule has 0 aliphatic carbocycles. The van der Waals surface area contributed by atoms with Crippen LogP contribution in [0.25, 0.3) is 27.4 Å². The van der Waals surface area contributed by atoms with E-state index in [9.17, 15) is 4.79 Å². The van der Waals surface area contributed by atoms with E-state index < -0.39 is 0 Å². The number of ether oxygens (including phenoxy) is 3. The Kier molecular flexibility index (Phi) is 7.20. The Morgan fingerprint density at radius 3 is 2.48 bits per heavy atom. The summed E-state index contributed by atoms with van der Waals surface area (Å²) in [6.07, 6.45) is 2.12. The van der Waals surface area contributed by atoms with Gasteiger partial charge in [0.05, 0.1) is 25.8 Å². The van der Waals surface area contributed by atoms with Crippen LogP contribution in [0.1, 0.15) is 47.8 Å². The van der Waals surface area contributed by atoms with Crippen LogP contribution in [-0.4, -0.2) is 34.6 Å². The van der Waals surface area contributed by atoms with Gasteiger partial charge in [-0.1, -0.05) is 69.3 Å². The number of aromatic nitrogens is 3. The van der Waals surface area contributed by atoms with Gasteiger partial charge >= 0.3 is 0 Å². The van der Waals surface area contributed by atoms with Crippen LogP contribution in [0, 0.1) is 0 Å². The van der Waals surface area contributed by atoms with E-state index in [0.29, 0.717) is 57.3 Å². The first-order chi connectivity index (χ1) is 20.2. The maximum atomic E-state index is 13.0. The molecule has 3 aromatic heterocycles. The molecule has 0 saturated heterocycles. The summed E-state index contributed by atoms with van der Waals surface area (Å²) in [5, 5.41) is 5.68. The van der Waals surface area contributed by atoms with E-state index >= 15 is 0 Å². The lowest BCUT2D eigenvalue weighted by molar-refractivity contribution is 0.0993. The van der Waals surface area contributed by atoms with Gasteiger partial charge in [-0.25, -0.2) is 9.50 Å². The van der Waals surface area contributed by atoms with Crippen LogP contribution < -0.4 is 14.2 Å². The zero-order valence-electron chi connectivity index (χ0n) is 24.1. The van der Waals surface area contributed by atoms with Crippen molar-refractivity contribution < 1.29 is 23.4 Å². The number of Topliss-reactive ketones (excluding diaryl/α,β-unsaturated/α-hetero) is 1. The van der Waals surface area contributed by atoms with Crippen LogP contribution in [0.5, 0.6) is 16.7 Å². The second-order valence-corrected chi connectivity index (χ2v) is 12.0. The molecule has 0 spiro atoms. The third-order valence-electron chi connectivity index (χ3n) is 7.08. The smallest absolute Gasteiger partial charge is 0.294 e. The number of nitrogens with zero attached hydrogens (tertiary/aromatic N) is 3. The summed E-state index contributed by atoms with van der Waals surface area (Å²) in [5.74, 6) is 1.92. The van der Waals surface area contributed by atoms with E-state index in [-0.39, 0.29) is 11.2 Å². The molecular weight excluding hydrogens is 550 g/mol. The van der Waals surface area contributed by atoms with Gasteiger partial charge < -0.3 is 18.6 Å². The lowest BCUT2D eigenvalue weighted by Gasteiger charge is -2.19. The molecule has 0 fully saturated rings. The molecule has 9 heteroatoms. The minimum Gasteiger partial charge on any atom is -0.496 e. The lowest BCUT2D eigenvalue weighted by Crippen LogP contribution is -2.11. The van der Waals surface area contributed by atoms with Crippen molar-refractivity contribution in [1.29, 1.82) is 0 Å². The number of fused-ring (bicyclic) bond motifs is 2. The zero-order valence-corrected chi connectivity index (χ0v) is 25.0. The van der Waals surface area contributed by atoms with Gasteiger partial charge in [0.15, 0.2) is 11.5 Å². The second-order valence-electron chi connectivity index (χ2n) is 11.1. The molecule has 0 atom stereocenters. The van der Waals surface area contributed by atoms with Crippen LogP contribution in [0.3, 0.4) is 0 Å². The van der Waals surface area contributed by atoms with E-state index in [0.717, 1.165) is 16.5 Å². The fourth-order valence-corrected chi connectivity index (χ4v) is 5.46. The average Bonchev–Trinajstić information content (AvgIpc) is 3.69. The number of hydrogen-bond donors (Lipinski definition) is 0. The summed E-state index contributed by atoms with van der Waals surface area (Å²) in [7, 11) is 3.19. The average molecular weight is 582 g/mol. The summed E-state index contributed by atoms with van der Waals surface area (Å²) in [5.41, 5.74) is 5.14. The minimum absolute atomic E-state index is 0.0462. The van der Waals surface area contributed by atoms with Crippen molar-refractivity contribution in [2.75, 3.05) is 14.2 Å². The molecule has 0 radical (unpaired) electrons. The van der Waals surface area contributed by atoms with Crippen LogP contribution >= 0.6 is 11.3 Å². The summed E-state index contributed by atoms with van der Waals surface area (Å²) in [6, 6.07) is 21.4. The Hall–Kier alpha value is -4.63. The van der Waals surface area contributed by atoms with E-state index in [1.165, 1.54) is 16.9 Å². The van der Waals surface area contributed by atoms with E-state index in [4.69, 9.17) is 18.6 Å². The summed E-state index contributed by atoms with van der Waals surface area (Å²) < 4.78 is 24.8. The van der Waals surface area contributed by atoms with Gasteiger partial charge in [-0.3, -0.25) is 4.79 Å². The van der Waals surface area contributed by atoms with Gasteiger partial charge in [-0.15, -0.1) is 5.10 Å². The standard InChI is InChI=1S/C33H31N3O5S/c1-33(2,3)23-11-9-22(10-12-23)27(37)14-20-7-6-8-21(13-20)19-40-28-15-24(38-4)16-29-25(28)17-30(41-29)26-18-36-31(34-26)42-32(35-36)39-5/h6-13,15-18H,14,19H2,1-5H3. The normalized spacial score (nSPS) is 11.7. The van der Waals surface area contributed by atoms with Crippen molar-refractivity contribution in [3.05, 3.63) is 95.2 Å². The van der Waals surface area contributed by atoms with E-state index in [2.05, 4.69) is 30.9 Å². The third-order valence-corrected chi connectivity index (χ3v) is 7.97. The van der Waals surface area contributed by atoms with Crippen LogP contribution in [0.4, 0.5) is 0 Å². The van der Waals surface area contributed by atoms with Gasteiger partial charge in [-0.05, 0) is 39.5 Å². The van der Waals surface area contributed by atoms with Gasteiger partial charge in [0.25, 0.3) is 5.19 Å². The summed E-state index contributed by atoms with van der Waals surface area (Å²) >= 11 is 1.35. The Morgan fingerprint density at radius 1 is 0.976 bits per heavy atom. The van der Waals surface area contributed by atoms with Gasteiger partial charge in [-0.2, -0.15) is 0 Å². The minimum atomic E-state index is 0.0462. The highest BCUT2D eigenvalue weighted by molar-refractivity contribution is 7.18. The van der Waals surface area contributed by atoms with Crippen molar-refractivity contribution in [1.82, 2.24) is 14.6 Å². The Morgan fingerprint density at radius 2 is 1.76 bits per heavy atom. The molecule has 42 heavy (non-hydrogen) atoms. The summed E-state index contributed by atoms with van der Waals surface area (Å²) in [4.78, 5) is 18.3. The predicted octanol–water partition coefficient (Wildman–Crippen LogP) is 7.52. The SMILES string of the molecule is COc1cc(OCc2cccc(CC(=O)c3ccc(C(C)(C)C)cc3)c2)c2cc(-c3cn4nc(OC)sc4n3)oc2c1. The van der Waals surface area contributed by atoms with Gasteiger partial charge in [0.2, 0.25) is 4.96 Å². The van der Waals surface area contributed by atoms with Crippen molar-refractivity contribution in [2.45, 2.75) is 39.2 Å². The Bertz CT molecular complexity index is 1860. The molecule has 0 saturated carbocycles. The highest BCUT2D eigenvalue weighted by atomic mass is 32.1. The van der Waals surface area contributed by atoms with Crippen molar-refractivity contribution >= 4 is 33.1 Å². The van der Waals surface area contributed by atoms with Crippen molar-refractivity contribution in [2.24, 2.45) is 0 Å². The molecule has 0 aliphatic rings. The maximum Gasteiger partial charge on any atom is 0.294 e. The fourth-order valence-electron chi connectivity index (χ4n) is 4.76. The molecule has 3 aromatic carbocycles. The van der Waals surface area contributed by atoms with Crippen molar-refractivity contribution in [3.8, 4) is 28.1 Å². The summed E-state index contributed by atoms with van der Waals surface area (Å²) in [6.45, 7) is 6.80. The molecule has 6 aromatic rings. The molecular formula is C33H31N3O5S. The molecule has 0 aliphatic heterocycles. The van der Waals surface area contributed by atoms with Crippen LogP contribution in [0.2, 0.25) is 0 Å². The second kappa shape index (κ2) is 11.0. The molecule has 0 bridgehead atoms. The first-order valence-electron chi connectivity index (χ1n) is 13.6. The highest BCUT2D eigenvalue weighted by Gasteiger charge is 2.18. The maximum absolute atomic E-state index is 13.0. The number of furan rings is 1.